The first-order valence-corrected chi connectivity index (χ1v) is 6.71. The molecule has 2 rings (SSSR count). The van der Waals surface area contributed by atoms with Gasteiger partial charge in [0.25, 0.3) is 5.91 Å². The maximum Gasteiger partial charge on any atom is 0.272 e. The number of hydrogen-bond donors (Lipinski definition) is 2. The number of nitrogens with two attached hydrogens (primary N) is 1. The summed E-state index contributed by atoms with van der Waals surface area (Å²) in [6.07, 6.45) is 1.91. The summed E-state index contributed by atoms with van der Waals surface area (Å²) in [6.45, 7) is 4.51. The highest BCUT2D eigenvalue weighted by Crippen LogP contribution is 2.21. The fourth-order valence-corrected chi connectivity index (χ4v) is 2.53. The quantitative estimate of drug-likeness (QED) is 0.625. The number of aryl methyl sites for hydroxylation is 1. The lowest BCUT2D eigenvalue weighted by molar-refractivity contribution is 0.0157. The van der Waals surface area contributed by atoms with Crippen LogP contribution >= 0.6 is 0 Å². The molecule has 110 valence electrons. The lowest BCUT2D eigenvalue weighted by Crippen LogP contribution is -2.46. The topological polar surface area (TPSA) is 93.4 Å². The van der Waals surface area contributed by atoms with Crippen LogP contribution in [0.3, 0.4) is 0 Å². The molecular formula is C13H21N5O2. The van der Waals surface area contributed by atoms with Gasteiger partial charge < -0.3 is 9.64 Å². The van der Waals surface area contributed by atoms with Crippen LogP contribution in [0.15, 0.2) is 6.07 Å². The van der Waals surface area contributed by atoms with Crippen LogP contribution in [-0.4, -0.2) is 46.6 Å². The molecule has 1 aromatic heterocycles. The third-order valence-electron chi connectivity index (χ3n) is 3.62. The van der Waals surface area contributed by atoms with E-state index in [9.17, 15) is 4.79 Å². The minimum Gasteiger partial charge on any atom is -0.381 e. The molecule has 2 unspecified atom stereocenters. The second-order valence-corrected chi connectivity index (χ2v) is 5.09. The van der Waals surface area contributed by atoms with Crippen LogP contribution in [0.2, 0.25) is 0 Å². The molecule has 3 N–H and O–H groups in total. The van der Waals surface area contributed by atoms with E-state index in [1.165, 1.54) is 0 Å². The molecule has 2 atom stereocenters. The Morgan fingerprint density at radius 1 is 1.55 bits per heavy atom. The van der Waals surface area contributed by atoms with Gasteiger partial charge in [0.1, 0.15) is 5.69 Å². The number of rotatable bonds is 3. The van der Waals surface area contributed by atoms with E-state index in [-0.39, 0.29) is 24.0 Å². The van der Waals surface area contributed by atoms with Crippen LogP contribution in [-0.2, 0) is 4.74 Å². The van der Waals surface area contributed by atoms with E-state index in [0.29, 0.717) is 17.9 Å². The zero-order chi connectivity index (χ0) is 14.7. The summed E-state index contributed by atoms with van der Waals surface area (Å²) in [7, 11) is 1.71. The Hall–Kier alpha value is -1.73. The van der Waals surface area contributed by atoms with Crippen LogP contribution in [0, 0.1) is 6.92 Å². The highest BCUT2D eigenvalue weighted by Gasteiger charge is 2.30. The van der Waals surface area contributed by atoms with E-state index in [1.54, 1.807) is 20.1 Å². The number of hydrazine groups is 1. The van der Waals surface area contributed by atoms with Gasteiger partial charge in [-0.25, -0.2) is 15.8 Å². The van der Waals surface area contributed by atoms with Crippen molar-refractivity contribution in [1.82, 2.24) is 14.9 Å². The van der Waals surface area contributed by atoms with Crippen LogP contribution in [0.25, 0.3) is 0 Å². The number of piperidine rings is 1. The summed E-state index contributed by atoms with van der Waals surface area (Å²) in [4.78, 5) is 22.6. The number of nitrogens with one attached hydrogen (secondary N) is 1. The third kappa shape index (κ3) is 3.05. The maximum absolute atomic E-state index is 12.6. The second-order valence-electron chi connectivity index (χ2n) is 5.09. The number of likely N-dealkylation sites (tertiary alicyclic amines) is 1. The Labute approximate surface area is 118 Å². The molecule has 20 heavy (non-hydrogen) atoms. The van der Waals surface area contributed by atoms with Gasteiger partial charge >= 0.3 is 0 Å². The van der Waals surface area contributed by atoms with E-state index in [1.807, 2.05) is 11.8 Å². The summed E-state index contributed by atoms with van der Waals surface area (Å²) in [5.41, 5.74) is 3.45. The van der Waals surface area contributed by atoms with Crippen LogP contribution in [0.1, 0.15) is 35.9 Å². The van der Waals surface area contributed by atoms with Crippen LogP contribution in [0.5, 0.6) is 0 Å². The Morgan fingerprint density at radius 2 is 2.30 bits per heavy atom. The van der Waals surface area contributed by atoms with Crippen molar-refractivity contribution < 1.29 is 9.53 Å². The SMILES string of the molecule is COC1CCN(C(=O)c2cc(C)nc(NN)n2)C(C)C1. The van der Waals surface area contributed by atoms with Crippen LogP contribution < -0.4 is 11.3 Å². The predicted octanol–water partition coefficient (Wildman–Crippen LogP) is 0.710. The third-order valence-corrected chi connectivity index (χ3v) is 3.62. The summed E-state index contributed by atoms with van der Waals surface area (Å²) < 4.78 is 5.36. The molecule has 1 fully saturated rings. The number of methoxy groups -OCH3 is 1. The Bertz CT molecular complexity index is 494. The van der Waals surface area contributed by atoms with Gasteiger partial charge in [-0.05, 0) is 32.8 Å². The highest BCUT2D eigenvalue weighted by atomic mass is 16.5. The number of nitrogen functional groups attached to an aromatic ring is 1. The molecule has 1 aliphatic rings. The van der Waals surface area contributed by atoms with Crippen LogP contribution in [0.4, 0.5) is 5.95 Å². The lowest BCUT2D eigenvalue weighted by atomic mass is 10.00. The molecule has 0 radical (unpaired) electrons. The normalized spacial score (nSPS) is 22.7. The fourth-order valence-electron chi connectivity index (χ4n) is 2.53. The fraction of sp³-hybridized carbons (Fsp3) is 0.615. The first-order chi connectivity index (χ1) is 9.55. The molecule has 0 aliphatic carbocycles. The number of hydrogen-bond acceptors (Lipinski definition) is 6. The largest absolute Gasteiger partial charge is 0.381 e. The molecule has 1 saturated heterocycles. The van der Waals surface area contributed by atoms with Gasteiger partial charge in [0.05, 0.1) is 6.10 Å². The van der Waals surface area contributed by atoms with E-state index in [2.05, 4.69) is 15.4 Å². The summed E-state index contributed by atoms with van der Waals surface area (Å²) in [5, 5.41) is 0. The molecule has 0 spiro atoms. The van der Waals surface area contributed by atoms with Crippen molar-refractivity contribution >= 4 is 11.9 Å². The standard InChI is InChI=1S/C13H21N5O2/c1-8-6-11(16-13(15-8)17-14)12(19)18-5-4-10(20-3)7-9(18)2/h6,9-10H,4-5,7,14H2,1-3H3,(H,15,16,17). The Kier molecular flexibility index (Phi) is 4.51. The van der Waals surface area contributed by atoms with E-state index < -0.39 is 0 Å². The second kappa shape index (κ2) is 6.15. The van der Waals surface area contributed by atoms with Gasteiger partial charge in [-0.2, -0.15) is 0 Å². The van der Waals surface area contributed by atoms with Crippen molar-refractivity contribution in [2.75, 3.05) is 19.1 Å². The molecule has 1 aromatic rings. The molecule has 1 aliphatic heterocycles. The molecule has 7 nitrogen and oxygen atoms in total. The number of carbonyl (C=O) groups is 1. The number of ether oxygens (including phenoxy) is 1. The van der Waals surface area contributed by atoms with Gasteiger partial charge in [0.2, 0.25) is 5.95 Å². The molecule has 0 bridgehead atoms. The number of anilines is 1. The maximum atomic E-state index is 12.6. The van der Waals surface area contributed by atoms with Gasteiger partial charge in [-0.1, -0.05) is 0 Å². The van der Waals surface area contributed by atoms with Gasteiger partial charge in [-0.3, -0.25) is 10.2 Å². The molecule has 0 saturated carbocycles. The summed E-state index contributed by atoms with van der Waals surface area (Å²) in [5.74, 6) is 5.48. The summed E-state index contributed by atoms with van der Waals surface area (Å²) >= 11 is 0. The number of nitrogens with zero attached hydrogens (tertiary/aromatic N) is 3. The zero-order valence-corrected chi connectivity index (χ0v) is 12.1. The van der Waals surface area contributed by atoms with Crippen molar-refractivity contribution in [3.8, 4) is 0 Å². The molecule has 0 aromatic carbocycles. The molecule has 2 heterocycles. The Balaban J connectivity index is 2.17. The first kappa shape index (κ1) is 14.7. The number of aromatic nitrogens is 2. The summed E-state index contributed by atoms with van der Waals surface area (Å²) in [6, 6.07) is 1.81. The highest BCUT2D eigenvalue weighted by molar-refractivity contribution is 5.93. The van der Waals surface area contributed by atoms with Crippen molar-refractivity contribution in [3.63, 3.8) is 0 Å². The van der Waals surface area contributed by atoms with Gasteiger partial charge in [-0.15, -0.1) is 0 Å². The average molecular weight is 279 g/mol. The lowest BCUT2D eigenvalue weighted by Gasteiger charge is -2.36. The van der Waals surface area contributed by atoms with Crippen molar-refractivity contribution in [2.45, 2.75) is 38.8 Å². The molecule has 1 amide bonds. The minimum atomic E-state index is -0.0888. The van der Waals surface area contributed by atoms with E-state index in [4.69, 9.17) is 10.6 Å². The number of carbonyl (C=O) groups excluding carboxylic acids is 1. The predicted molar refractivity (Wildman–Crippen MR) is 75.1 cm³/mol. The van der Waals surface area contributed by atoms with E-state index >= 15 is 0 Å². The van der Waals surface area contributed by atoms with Crippen molar-refractivity contribution in [2.24, 2.45) is 5.84 Å². The zero-order valence-electron chi connectivity index (χ0n) is 12.1. The monoisotopic (exact) mass is 279 g/mol. The molecule has 7 heteroatoms. The first-order valence-electron chi connectivity index (χ1n) is 6.71. The Morgan fingerprint density at radius 3 is 2.90 bits per heavy atom. The minimum absolute atomic E-state index is 0.0888. The smallest absolute Gasteiger partial charge is 0.272 e. The van der Waals surface area contributed by atoms with Crippen molar-refractivity contribution in [3.05, 3.63) is 17.5 Å². The van der Waals surface area contributed by atoms with Gasteiger partial charge in [0.15, 0.2) is 0 Å². The van der Waals surface area contributed by atoms with E-state index in [0.717, 1.165) is 12.8 Å². The van der Waals surface area contributed by atoms with Crippen molar-refractivity contribution in [1.29, 1.82) is 0 Å². The number of amides is 1. The average Bonchev–Trinajstić information content (AvgIpc) is 2.45. The molecular weight excluding hydrogens is 258 g/mol. The van der Waals surface area contributed by atoms with Gasteiger partial charge in [0, 0.05) is 25.4 Å².